The number of piperazine rings is 1. The number of hydrogen-bond donors (Lipinski definition) is 0. The second kappa shape index (κ2) is 4.45. The van der Waals surface area contributed by atoms with Crippen LogP contribution in [0.4, 0.5) is 5.13 Å². The van der Waals surface area contributed by atoms with Crippen molar-refractivity contribution in [3.8, 4) is 0 Å². The van der Waals surface area contributed by atoms with Gasteiger partial charge in [0, 0.05) is 43.8 Å². The van der Waals surface area contributed by atoms with Crippen molar-refractivity contribution < 1.29 is 0 Å². The number of hydrogen-bond acceptors (Lipinski definition) is 5. The van der Waals surface area contributed by atoms with Crippen molar-refractivity contribution in [2.24, 2.45) is 0 Å². The largest absolute Gasteiger partial charge is 0.344 e. The lowest BCUT2D eigenvalue weighted by Crippen LogP contribution is -2.48. The van der Waals surface area contributed by atoms with Crippen LogP contribution in [0.1, 0.15) is 19.7 Å². The third-order valence-corrected chi connectivity index (χ3v) is 3.70. The van der Waals surface area contributed by atoms with E-state index in [2.05, 4.69) is 33.0 Å². The minimum absolute atomic E-state index is 0.656. The first kappa shape index (κ1) is 10.8. The van der Waals surface area contributed by atoms with Crippen LogP contribution in [0.3, 0.4) is 0 Å². The zero-order valence-electron chi connectivity index (χ0n) is 9.60. The van der Waals surface area contributed by atoms with Gasteiger partial charge in [0.15, 0.2) is 0 Å². The molecule has 1 aromatic heterocycles. The molecule has 0 amide bonds. The van der Waals surface area contributed by atoms with Crippen LogP contribution in [-0.2, 0) is 0 Å². The van der Waals surface area contributed by atoms with Crippen LogP contribution < -0.4 is 4.90 Å². The highest BCUT2D eigenvalue weighted by atomic mass is 32.1. The molecule has 15 heavy (non-hydrogen) atoms. The number of aryl methyl sites for hydroxylation is 1. The van der Waals surface area contributed by atoms with E-state index in [0.29, 0.717) is 6.04 Å². The maximum atomic E-state index is 4.42. The molecule has 0 aliphatic carbocycles. The van der Waals surface area contributed by atoms with Crippen LogP contribution >= 0.6 is 11.5 Å². The molecule has 0 bridgehead atoms. The molecule has 0 saturated carbocycles. The Kier molecular flexibility index (Phi) is 3.21. The van der Waals surface area contributed by atoms with Crippen LogP contribution in [-0.4, -0.2) is 46.5 Å². The quantitative estimate of drug-likeness (QED) is 0.762. The molecule has 1 aliphatic rings. The second-order valence-electron chi connectivity index (χ2n) is 4.24. The minimum atomic E-state index is 0.656. The van der Waals surface area contributed by atoms with Crippen molar-refractivity contribution in [1.82, 2.24) is 14.3 Å². The first-order valence-corrected chi connectivity index (χ1v) is 6.23. The molecular weight excluding hydrogens is 208 g/mol. The van der Waals surface area contributed by atoms with Crippen molar-refractivity contribution in [3.63, 3.8) is 0 Å². The lowest BCUT2D eigenvalue weighted by molar-refractivity contribution is 0.209. The van der Waals surface area contributed by atoms with Crippen molar-refractivity contribution in [2.75, 3.05) is 31.1 Å². The molecular formula is C10H18N4S. The van der Waals surface area contributed by atoms with Gasteiger partial charge < -0.3 is 4.90 Å². The van der Waals surface area contributed by atoms with E-state index in [1.165, 1.54) is 11.5 Å². The van der Waals surface area contributed by atoms with Gasteiger partial charge in [0.2, 0.25) is 5.13 Å². The van der Waals surface area contributed by atoms with Gasteiger partial charge in [0.1, 0.15) is 5.82 Å². The molecule has 2 rings (SSSR count). The zero-order chi connectivity index (χ0) is 10.8. The fourth-order valence-electron chi connectivity index (χ4n) is 1.84. The molecule has 4 nitrogen and oxygen atoms in total. The first-order chi connectivity index (χ1) is 7.16. The smallest absolute Gasteiger partial charge is 0.205 e. The summed E-state index contributed by atoms with van der Waals surface area (Å²) in [6.07, 6.45) is 0. The van der Waals surface area contributed by atoms with E-state index < -0.39 is 0 Å². The van der Waals surface area contributed by atoms with Crippen molar-refractivity contribution in [1.29, 1.82) is 0 Å². The molecule has 0 aromatic carbocycles. The Morgan fingerprint density at radius 1 is 1.20 bits per heavy atom. The lowest BCUT2D eigenvalue weighted by atomic mass is 10.2. The Balaban J connectivity index is 1.93. The van der Waals surface area contributed by atoms with Gasteiger partial charge in [-0.3, -0.25) is 4.90 Å². The molecule has 0 atom stereocenters. The van der Waals surface area contributed by atoms with Crippen molar-refractivity contribution in [2.45, 2.75) is 26.8 Å². The Labute approximate surface area is 95.1 Å². The summed E-state index contributed by atoms with van der Waals surface area (Å²) < 4.78 is 4.22. The molecule has 1 saturated heterocycles. The van der Waals surface area contributed by atoms with Gasteiger partial charge >= 0.3 is 0 Å². The van der Waals surface area contributed by atoms with Crippen LogP contribution in [0.5, 0.6) is 0 Å². The van der Waals surface area contributed by atoms with E-state index in [1.807, 2.05) is 6.92 Å². The fraction of sp³-hybridized carbons (Fsp3) is 0.800. The molecule has 0 radical (unpaired) electrons. The summed E-state index contributed by atoms with van der Waals surface area (Å²) in [7, 11) is 0. The van der Waals surface area contributed by atoms with Crippen molar-refractivity contribution >= 4 is 16.7 Å². The van der Waals surface area contributed by atoms with E-state index in [4.69, 9.17) is 0 Å². The molecule has 84 valence electrons. The Morgan fingerprint density at radius 3 is 2.33 bits per heavy atom. The average molecular weight is 226 g/mol. The van der Waals surface area contributed by atoms with Gasteiger partial charge in [-0.1, -0.05) is 0 Å². The van der Waals surface area contributed by atoms with E-state index in [-0.39, 0.29) is 0 Å². The van der Waals surface area contributed by atoms with E-state index in [0.717, 1.165) is 37.1 Å². The Bertz CT molecular complexity index is 315. The second-order valence-corrected chi connectivity index (χ2v) is 4.97. The van der Waals surface area contributed by atoms with Gasteiger partial charge in [-0.2, -0.15) is 4.37 Å². The van der Waals surface area contributed by atoms with E-state index in [9.17, 15) is 0 Å². The van der Waals surface area contributed by atoms with Crippen molar-refractivity contribution in [3.05, 3.63) is 5.82 Å². The summed E-state index contributed by atoms with van der Waals surface area (Å²) in [5.41, 5.74) is 0. The SMILES string of the molecule is Cc1nsc(N2CCN(C(C)C)CC2)n1. The summed E-state index contributed by atoms with van der Waals surface area (Å²) in [4.78, 5) is 9.26. The summed E-state index contributed by atoms with van der Waals surface area (Å²) in [6.45, 7) is 10.9. The Hall–Kier alpha value is -0.680. The number of rotatable bonds is 2. The maximum Gasteiger partial charge on any atom is 0.205 e. The number of anilines is 1. The van der Waals surface area contributed by atoms with Gasteiger partial charge in [-0.25, -0.2) is 4.98 Å². The predicted octanol–water partition coefficient (Wildman–Crippen LogP) is 1.38. The molecule has 2 heterocycles. The van der Waals surface area contributed by atoms with Crippen LogP contribution in [0.25, 0.3) is 0 Å². The minimum Gasteiger partial charge on any atom is -0.344 e. The molecule has 1 fully saturated rings. The highest BCUT2D eigenvalue weighted by molar-refractivity contribution is 7.09. The molecule has 0 N–H and O–H groups in total. The van der Waals surface area contributed by atoms with Crippen LogP contribution in [0, 0.1) is 6.92 Å². The maximum absolute atomic E-state index is 4.42. The third-order valence-electron chi connectivity index (χ3n) is 2.83. The summed E-state index contributed by atoms with van der Waals surface area (Å²) in [5.74, 6) is 0.890. The Morgan fingerprint density at radius 2 is 1.87 bits per heavy atom. The third kappa shape index (κ3) is 2.46. The molecule has 1 aliphatic heterocycles. The number of aromatic nitrogens is 2. The monoisotopic (exact) mass is 226 g/mol. The molecule has 5 heteroatoms. The van der Waals surface area contributed by atoms with Gasteiger partial charge in [0.05, 0.1) is 0 Å². The molecule has 1 aromatic rings. The van der Waals surface area contributed by atoms with Gasteiger partial charge in [-0.05, 0) is 20.8 Å². The number of nitrogens with zero attached hydrogens (tertiary/aromatic N) is 4. The summed E-state index contributed by atoms with van der Waals surface area (Å²) >= 11 is 1.51. The summed E-state index contributed by atoms with van der Waals surface area (Å²) in [6, 6.07) is 0.656. The van der Waals surface area contributed by atoms with E-state index in [1.54, 1.807) is 0 Å². The van der Waals surface area contributed by atoms with Crippen LogP contribution in [0.15, 0.2) is 0 Å². The molecule has 0 spiro atoms. The fourth-order valence-corrected chi connectivity index (χ4v) is 2.57. The highest BCUT2D eigenvalue weighted by Gasteiger charge is 2.20. The average Bonchev–Trinajstić information content (AvgIpc) is 2.65. The van der Waals surface area contributed by atoms with E-state index >= 15 is 0 Å². The normalized spacial score (nSPS) is 18.8. The highest BCUT2D eigenvalue weighted by Crippen LogP contribution is 2.19. The van der Waals surface area contributed by atoms with Crippen LogP contribution in [0.2, 0.25) is 0 Å². The summed E-state index contributed by atoms with van der Waals surface area (Å²) in [5, 5.41) is 1.08. The predicted molar refractivity (Wildman–Crippen MR) is 63.6 cm³/mol. The van der Waals surface area contributed by atoms with Gasteiger partial charge in [-0.15, -0.1) is 0 Å². The first-order valence-electron chi connectivity index (χ1n) is 5.46. The standard InChI is InChI=1S/C10H18N4S/c1-8(2)13-4-6-14(7-5-13)10-11-9(3)12-15-10/h8H,4-7H2,1-3H3. The topological polar surface area (TPSA) is 32.3 Å². The molecule has 0 unspecified atom stereocenters. The lowest BCUT2D eigenvalue weighted by Gasteiger charge is -2.36. The van der Waals surface area contributed by atoms with Gasteiger partial charge in [0.25, 0.3) is 0 Å². The zero-order valence-corrected chi connectivity index (χ0v) is 10.4.